The lowest BCUT2D eigenvalue weighted by Gasteiger charge is -2.29. The molecule has 27 heavy (non-hydrogen) atoms. The van der Waals surface area contributed by atoms with Gasteiger partial charge in [-0.2, -0.15) is 0 Å². The maximum Gasteiger partial charge on any atom is 0.310 e. The number of aliphatic carboxylic acids is 1. The molecule has 3 unspecified atom stereocenters. The summed E-state index contributed by atoms with van der Waals surface area (Å²) in [5, 5.41) is 9.43. The molecule has 1 aliphatic carbocycles. The first kappa shape index (κ1) is 24.0. The molecule has 3 atom stereocenters. The molecular formula is C23H42O4. The lowest BCUT2D eigenvalue weighted by Crippen LogP contribution is -2.35. The average molecular weight is 383 g/mol. The van der Waals surface area contributed by atoms with Crippen LogP contribution in [0, 0.1) is 17.8 Å². The molecule has 1 rings (SSSR count). The third-order valence-corrected chi connectivity index (χ3v) is 5.86. The van der Waals surface area contributed by atoms with Crippen LogP contribution in [0.1, 0.15) is 111 Å². The molecule has 0 bridgehead atoms. The smallest absolute Gasteiger partial charge is 0.310 e. The standard InChI is InChI=1S/C23H42O4/c1-4-5-6-7-8-9-14-19(15-12-13-18(2)3)27-23(26)21-17-11-10-16-20(21)22(24)25/h18-21H,4-17H2,1-3H3,(H,24,25). The SMILES string of the molecule is CCCCCCCCC(CCCC(C)C)OC(=O)C1CCCCC1C(=O)O. The Balaban J connectivity index is 2.51. The van der Waals surface area contributed by atoms with Crippen LogP contribution in [0.4, 0.5) is 0 Å². The van der Waals surface area contributed by atoms with Crippen LogP contribution in [-0.4, -0.2) is 23.1 Å². The number of carboxylic acids is 1. The van der Waals surface area contributed by atoms with Crippen molar-refractivity contribution >= 4 is 11.9 Å². The van der Waals surface area contributed by atoms with Crippen LogP contribution in [0.3, 0.4) is 0 Å². The van der Waals surface area contributed by atoms with Gasteiger partial charge in [0, 0.05) is 0 Å². The van der Waals surface area contributed by atoms with Gasteiger partial charge in [0.25, 0.3) is 0 Å². The molecule has 0 heterocycles. The van der Waals surface area contributed by atoms with Crippen LogP contribution in [0.5, 0.6) is 0 Å². The molecular weight excluding hydrogens is 340 g/mol. The van der Waals surface area contributed by atoms with Crippen molar-refractivity contribution < 1.29 is 19.4 Å². The van der Waals surface area contributed by atoms with Gasteiger partial charge in [0.05, 0.1) is 11.8 Å². The van der Waals surface area contributed by atoms with Crippen molar-refractivity contribution in [3.8, 4) is 0 Å². The monoisotopic (exact) mass is 382 g/mol. The fourth-order valence-corrected chi connectivity index (χ4v) is 4.13. The van der Waals surface area contributed by atoms with E-state index in [1.807, 2.05) is 0 Å². The fourth-order valence-electron chi connectivity index (χ4n) is 4.13. The highest BCUT2D eigenvalue weighted by Crippen LogP contribution is 2.32. The van der Waals surface area contributed by atoms with E-state index >= 15 is 0 Å². The number of esters is 1. The second-order valence-corrected chi connectivity index (χ2v) is 8.78. The van der Waals surface area contributed by atoms with Crippen molar-refractivity contribution in [3.63, 3.8) is 0 Å². The lowest BCUT2D eigenvalue weighted by molar-refractivity contribution is -0.164. The van der Waals surface area contributed by atoms with Gasteiger partial charge in [0.2, 0.25) is 0 Å². The first-order valence-corrected chi connectivity index (χ1v) is 11.4. The number of rotatable bonds is 14. The third-order valence-electron chi connectivity index (χ3n) is 5.86. The van der Waals surface area contributed by atoms with E-state index in [1.54, 1.807) is 0 Å². The Morgan fingerprint density at radius 1 is 0.889 bits per heavy atom. The normalized spacial score (nSPS) is 21.2. The minimum Gasteiger partial charge on any atom is -0.481 e. The molecule has 0 aromatic carbocycles. The van der Waals surface area contributed by atoms with Gasteiger partial charge in [-0.1, -0.05) is 72.1 Å². The Kier molecular flexibility index (Phi) is 12.4. The molecule has 0 amide bonds. The Morgan fingerprint density at radius 3 is 2.11 bits per heavy atom. The number of ether oxygens (including phenoxy) is 1. The summed E-state index contributed by atoms with van der Waals surface area (Å²) in [6, 6.07) is 0. The van der Waals surface area contributed by atoms with Crippen molar-refractivity contribution in [1.29, 1.82) is 0 Å². The summed E-state index contributed by atoms with van der Waals surface area (Å²) in [5.41, 5.74) is 0. The highest BCUT2D eigenvalue weighted by atomic mass is 16.5. The van der Waals surface area contributed by atoms with Crippen molar-refractivity contribution in [2.24, 2.45) is 17.8 Å². The average Bonchev–Trinajstić information content (AvgIpc) is 2.63. The summed E-state index contributed by atoms with van der Waals surface area (Å²) in [6.07, 6.45) is 14.5. The van der Waals surface area contributed by atoms with Crippen LogP contribution in [0.2, 0.25) is 0 Å². The first-order chi connectivity index (χ1) is 13.0. The third kappa shape index (κ3) is 10.2. The number of carboxylic acid groups (broad SMARTS) is 1. The highest BCUT2D eigenvalue weighted by molar-refractivity contribution is 5.81. The minimum absolute atomic E-state index is 0.0428. The molecule has 0 saturated heterocycles. The largest absolute Gasteiger partial charge is 0.481 e. The lowest BCUT2D eigenvalue weighted by atomic mass is 9.79. The van der Waals surface area contributed by atoms with Crippen LogP contribution in [0.15, 0.2) is 0 Å². The molecule has 4 heteroatoms. The summed E-state index contributed by atoms with van der Waals surface area (Å²) >= 11 is 0. The molecule has 1 saturated carbocycles. The fraction of sp³-hybridized carbons (Fsp3) is 0.913. The second-order valence-electron chi connectivity index (χ2n) is 8.78. The van der Waals surface area contributed by atoms with E-state index in [-0.39, 0.29) is 12.1 Å². The number of unbranched alkanes of at least 4 members (excludes halogenated alkanes) is 5. The summed E-state index contributed by atoms with van der Waals surface area (Å²) in [6.45, 7) is 6.66. The highest BCUT2D eigenvalue weighted by Gasteiger charge is 2.37. The summed E-state index contributed by atoms with van der Waals surface area (Å²) in [4.78, 5) is 24.2. The molecule has 0 aromatic rings. The quantitative estimate of drug-likeness (QED) is 0.280. The number of hydrogen-bond acceptors (Lipinski definition) is 3. The predicted octanol–water partition coefficient (Wildman–Crippen LogP) is 6.37. The number of carbonyl (C=O) groups excluding carboxylic acids is 1. The molecule has 0 aromatic heterocycles. The summed E-state index contributed by atoms with van der Waals surface area (Å²) in [5.74, 6) is -1.46. The van der Waals surface area contributed by atoms with Crippen LogP contribution in [0.25, 0.3) is 0 Å². The Bertz CT molecular complexity index is 419. The minimum atomic E-state index is -0.844. The van der Waals surface area contributed by atoms with E-state index in [2.05, 4.69) is 20.8 Å². The number of carbonyl (C=O) groups is 2. The summed E-state index contributed by atoms with van der Waals surface area (Å²) in [7, 11) is 0. The van der Waals surface area contributed by atoms with Gasteiger partial charge >= 0.3 is 11.9 Å². The molecule has 0 spiro atoms. The van der Waals surface area contributed by atoms with Crippen molar-refractivity contribution in [1.82, 2.24) is 0 Å². The van der Waals surface area contributed by atoms with Crippen molar-refractivity contribution in [2.45, 2.75) is 117 Å². The zero-order valence-corrected chi connectivity index (χ0v) is 17.9. The Hall–Kier alpha value is -1.06. The van der Waals surface area contributed by atoms with Gasteiger partial charge in [-0.25, -0.2) is 0 Å². The van der Waals surface area contributed by atoms with Gasteiger partial charge in [-0.05, 0) is 44.4 Å². The van der Waals surface area contributed by atoms with Gasteiger partial charge in [-0.3, -0.25) is 9.59 Å². The van der Waals surface area contributed by atoms with E-state index in [0.29, 0.717) is 18.8 Å². The Morgan fingerprint density at radius 2 is 1.48 bits per heavy atom. The van der Waals surface area contributed by atoms with Crippen LogP contribution >= 0.6 is 0 Å². The molecule has 0 radical (unpaired) electrons. The molecule has 4 nitrogen and oxygen atoms in total. The van der Waals surface area contributed by atoms with Crippen LogP contribution in [-0.2, 0) is 14.3 Å². The van der Waals surface area contributed by atoms with Gasteiger partial charge in [0.15, 0.2) is 0 Å². The van der Waals surface area contributed by atoms with Gasteiger partial charge in [0.1, 0.15) is 6.10 Å². The zero-order valence-electron chi connectivity index (χ0n) is 17.9. The van der Waals surface area contributed by atoms with Gasteiger partial charge < -0.3 is 9.84 Å². The van der Waals surface area contributed by atoms with E-state index < -0.39 is 17.8 Å². The number of hydrogen-bond donors (Lipinski definition) is 1. The molecule has 158 valence electrons. The molecule has 1 fully saturated rings. The van der Waals surface area contributed by atoms with E-state index in [4.69, 9.17) is 4.74 Å². The van der Waals surface area contributed by atoms with Crippen molar-refractivity contribution in [3.05, 3.63) is 0 Å². The maximum absolute atomic E-state index is 12.7. The molecule has 1 N–H and O–H groups in total. The van der Waals surface area contributed by atoms with Crippen LogP contribution < -0.4 is 0 Å². The molecule has 1 aliphatic rings. The topological polar surface area (TPSA) is 63.6 Å². The second kappa shape index (κ2) is 14.0. The van der Waals surface area contributed by atoms with E-state index in [1.165, 1.54) is 32.1 Å². The summed E-state index contributed by atoms with van der Waals surface area (Å²) < 4.78 is 5.88. The zero-order chi connectivity index (χ0) is 20.1. The van der Waals surface area contributed by atoms with E-state index in [0.717, 1.165) is 44.9 Å². The van der Waals surface area contributed by atoms with Gasteiger partial charge in [-0.15, -0.1) is 0 Å². The maximum atomic E-state index is 12.7. The van der Waals surface area contributed by atoms with E-state index in [9.17, 15) is 14.7 Å². The predicted molar refractivity (Wildman–Crippen MR) is 110 cm³/mol. The Labute approximate surface area is 166 Å². The van der Waals surface area contributed by atoms with Crippen molar-refractivity contribution in [2.75, 3.05) is 0 Å². The first-order valence-electron chi connectivity index (χ1n) is 11.4. The molecule has 0 aliphatic heterocycles.